The molecule has 0 bridgehead atoms. The van der Waals surface area contributed by atoms with Gasteiger partial charge in [-0.2, -0.15) is 0 Å². The molecule has 0 aliphatic heterocycles. The molecule has 0 spiro atoms. The van der Waals surface area contributed by atoms with E-state index in [4.69, 9.17) is 9.47 Å². The molecular formula is C21H18O3. The Kier molecular flexibility index (Phi) is 4.62. The van der Waals surface area contributed by atoms with Crippen molar-refractivity contribution in [2.24, 2.45) is 0 Å². The number of ketones is 1. The summed E-state index contributed by atoms with van der Waals surface area (Å²) in [6, 6.07) is 22.1. The zero-order chi connectivity index (χ0) is 16.9. The van der Waals surface area contributed by atoms with Gasteiger partial charge in [-0.1, -0.05) is 17.7 Å². The van der Waals surface area contributed by atoms with E-state index in [1.54, 1.807) is 55.6 Å². The first kappa shape index (κ1) is 15.8. The third kappa shape index (κ3) is 3.63. The van der Waals surface area contributed by atoms with Gasteiger partial charge in [-0.25, -0.2) is 0 Å². The van der Waals surface area contributed by atoms with Crippen molar-refractivity contribution in [3.63, 3.8) is 0 Å². The van der Waals surface area contributed by atoms with E-state index in [9.17, 15) is 4.79 Å². The molecule has 0 aliphatic carbocycles. The van der Waals surface area contributed by atoms with Gasteiger partial charge < -0.3 is 9.47 Å². The van der Waals surface area contributed by atoms with Crippen molar-refractivity contribution in [2.75, 3.05) is 7.11 Å². The number of benzene rings is 3. The number of hydrogen-bond donors (Lipinski definition) is 0. The summed E-state index contributed by atoms with van der Waals surface area (Å²) in [5.74, 6) is 2.17. The largest absolute Gasteiger partial charge is 0.497 e. The molecule has 0 heterocycles. The highest BCUT2D eigenvalue weighted by atomic mass is 16.5. The minimum absolute atomic E-state index is 0.0282. The highest BCUT2D eigenvalue weighted by molar-refractivity contribution is 6.09. The average molecular weight is 318 g/mol. The number of hydrogen-bond acceptors (Lipinski definition) is 3. The molecule has 120 valence electrons. The van der Waals surface area contributed by atoms with Crippen LogP contribution in [0.25, 0.3) is 0 Å². The number of aryl methyl sites for hydroxylation is 1. The van der Waals surface area contributed by atoms with E-state index in [-0.39, 0.29) is 5.78 Å². The van der Waals surface area contributed by atoms with Gasteiger partial charge >= 0.3 is 0 Å². The van der Waals surface area contributed by atoms with Crippen LogP contribution in [0.15, 0.2) is 72.8 Å². The summed E-state index contributed by atoms with van der Waals surface area (Å²) < 4.78 is 10.9. The highest BCUT2D eigenvalue weighted by Crippen LogP contribution is 2.23. The summed E-state index contributed by atoms with van der Waals surface area (Å²) in [5, 5.41) is 0. The van der Waals surface area contributed by atoms with Crippen LogP contribution in [0, 0.1) is 6.92 Å². The molecular weight excluding hydrogens is 300 g/mol. The fourth-order valence-corrected chi connectivity index (χ4v) is 2.33. The standard InChI is InChI=1S/C21H18O3/c1-15-3-9-19(10-4-15)24-20-13-7-17(8-14-20)21(22)16-5-11-18(23-2)12-6-16/h3-14H,1-2H3. The molecule has 0 amide bonds. The Labute approximate surface area is 141 Å². The minimum Gasteiger partial charge on any atom is -0.497 e. The first-order chi connectivity index (χ1) is 11.7. The second-order valence-electron chi connectivity index (χ2n) is 5.50. The maximum absolute atomic E-state index is 12.5. The predicted molar refractivity (Wildman–Crippen MR) is 94.1 cm³/mol. The van der Waals surface area contributed by atoms with Gasteiger partial charge in [0.25, 0.3) is 0 Å². The number of ether oxygens (including phenoxy) is 2. The first-order valence-electron chi connectivity index (χ1n) is 7.69. The molecule has 3 rings (SSSR count). The second-order valence-corrected chi connectivity index (χ2v) is 5.50. The normalized spacial score (nSPS) is 10.2. The van der Waals surface area contributed by atoms with Crippen LogP contribution in [-0.4, -0.2) is 12.9 Å². The van der Waals surface area contributed by atoms with Crippen molar-refractivity contribution in [3.05, 3.63) is 89.5 Å². The van der Waals surface area contributed by atoms with E-state index in [1.807, 2.05) is 31.2 Å². The topological polar surface area (TPSA) is 35.5 Å². The Hall–Kier alpha value is -3.07. The Balaban J connectivity index is 1.73. The number of carbonyl (C=O) groups excluding carboxylic acids is 1. The summed E-state index contributed by atoms with van der Waals surface area (Å²) in [5.41, 5.74) is 2.43. The first-order valence-corrected chi connectivity index (χ1v) is 7.69. The Morgan fingerprint density at radius 2 is 1.08 bits per heavy atom. The van der Waals surface area contributed by atoms with Crippen LogP contribution in [0.2, 0.25) is 0 Å². The molecule has 0 unspecified atom stereocenters. The van der Waals surface area contributed by atoms with Gasteiger partial charge in [-0.05, 0) is 67.6 Å². The second kappa shape index (κ2) is 7.01. The molecule has 0 aliphatic rings. The number of carbonyl (C=O) groups is 1. The fourth-order valence-electron chi connectivity index (χ4n) is 2.33. The van der Waals surface area contributed by atoms with Gasteiger partial charge in [-0.3, -0.25) is 4.79 Å². The van der Waals surface area contributed by atoms with E-state index in [0.29, 0.717) is 16.9 Å². The van der Waals surface area contributed by atoms with E-state index in [2.05, 4.69) is 0 Å². The van der Waals surface area contributed by atoms with E-state index in [0.717, 1.165) is 11.5 Å². The third-order valence-corrected chi connectivity index (χ3v) is 3.73. The van der Waals surface area contributed by atoms with E-state index < -0.39 is 0 Å². The molecule has 3 aromatic rings. The monoisotopic (exact) mass is 318 g/mol. The molecule has 0 N–H and O–H groups in total. The van der Waals surface area contributed by atoms with Crippen molar-refractivity contribution in [1.82, 2.24) is 0 Å². The summed E-state index contributed by atoms with van der Waals surface area (Å²) in [4.78, 5) is 12.5. The Bertz CT molecular complexity index is 816. The minimum atomic E-state index is -0.0282. The number of methoxy groups -OCH3 is 1. The van der Waals surface area contributed by atoms with Gasteiger partial charge in [0.1, 0.15) is 17.2 Å². The molecule has 0 aromatic heterocycles. The van der Waals surface area contributed by atoms with Crippen molar-refractivity contribution >= 4 is 5.78 Å². The maximum Gasteiger partial charge on any atom is 0.193 e. The third-order valence-electron chi connectivity index (χ3n) is 3.73. The van der Waals surface area contributed by atoms with Crippen LogP contribution in [0.1, 0.15) is 21.5 Å². The zero-order valence-corrected chi connectivity index (χ0v) is 13.7. The Morgan fingerprint density at radius 3 is 1.54 bits per heavy atom. The van der Waals surface area contributed by atoms with Crippen LogP contribution >= 0.6 is 0 Å². The van der Waals surface area contributed by atoms with Gasteiger partial charge in [0.2, 0.25) is 0 Å². The molecule has 0 saturated heterocycles. The predicted octanol–water partition coefficient (Wildman–Crippen LogP) is 5.03. The van der Waals surface area contributed by atoms with E-state index in [1.165, 1.54) is 5.56 Å². The van der Waals surface area contributed by atoms with Gasteiger partial charge in [0.05, 0.1) is 7.11 Å². The molecule has 0 atom stereocenters. The van der Waals surface area contributed by atoms with E-state index >= 15 is 0 Å². The van der Waals surface area contributed by atoms with Gasteiger partial charge in [0, 0.05) is 11.1 Å². The highest BCUT2D eigenvalue weighted by Gasteiger charge is 2.09. The molecule has 3 heteroatoms. The summed E-state index contributed by atoms with van der Waals surface area (Å²) in [7, 11) is 1.60. The zero-order valence-electron chi connectivity index (χ0n) is 13.7. The quantitative estimate of drug-likeness (QED) is 0.619. The molecule has 0 saturated carbocycles. The molecule has 0 fully saturated rings. The molecule has 3 aromatic carbocycles. The molecule has 3 nitrogen and oxygen atoms in total. The van der Waals surface area contributed by atoms with Crippen LogP contribution < -0.4 is 9.47 Å². The van der Waals surface area contributed by atoms with Crippen LogP contribution in [0.3, 0.4) is 0 Å². The van der Waals surface area contributed by atoms with Gasteiger partial charge in [-0.15, -0.1) is 0 Å². The number of rotatable bonds is 5. The van der Waals surface area contributed by atoms with Crippen molar-refractivity contribution < 1.29 is 14.3 Å². The lowest BCUT2D eigenvalue weighted by atomic mass is 10.0. The lowest BCUT2D eigenvalue weighted by Gasteiger charge is -2.07. The van der Waals surface area contributed by atoms with Crippen molar-refractivity contribution in [2.45, 2.75) is 6.92 Å². The average Bonchev–Trinajstić information content (AvgIpc) is 2.64. The Morgan fingerprint density at radius 1 is 0.667 bits per heavy atom. The lowest BCUT2D eigenvalue weighted by molar-refractivity contribution is 0.103. The maximum atomic E-state index is 12.5. The van der Waals surface area contributed by atoms with Gasteiger partial charge in [0.15, 0.2) is 5.78 Å². The van der Waals surface area contributed by atoms with Crippen LogP contribution in [0.4, 0.5) is 0 Å². The molecule has 24 heavy (non-hydrogen) atoms. The smallest absolute Gasteiger partial charge is 0.193 e. The summed E-state index contributed by atoms with van der Waals surface area (Å²) >= 11 is 0. The fraction of sp³-hybridized carbons (Fsp3) is 0.0952. The van der Waals surface area contributed by atoms with Crippen LogP contribution in [-0.2, 0) is 0 Å². The SMILES string of the molecule is COc1ccc(C(=O)c2ccc(Oc3ccc(C)cc3)cc2)cc1. The van der Waals surface area contributed by atoms with Crippen LogP contribution in [0.5, 0.6) is 17.2 Å². The van der Waals surface area contributed by atoms with Crippen molar-refractivity contribution in [3.8, 4) is 17.2 Å². The summed E-state index contributed by atoms with van der Waals surface area (Å²) in [6.07, 6.45) is 0. The lowest BCUT2D eigenvalue weighted by Crippen LogP contribution is -2.01. The summed E-state index contributed by atoms with van der Waals surface area (Å²) in [6.45, 7) is 2.03. The van der Waals surface area contributed by atoms with Crippen molar-refractivity contribution in [1.29, 1.82) is 0 Å². The molecule has 0 radical (unpaired) electrons.